The highest BCUT2D eigenvalue weighted by atomic mass is 19.1. The molecule has 0 saturated carbocycles. The Labute approximate surface area is 112 Å². The van der Waals surface area contributed by atoms with Crippen LogP contribution in [0.3, 0.4) is 0 Å². The molecule has 1 heterocycles. The van der Waals surface area contributed by atoms with Crippen LogP contribution in [-0.2, 0) is 7.05 Å². The van der Waals surface area contributed by atoms with Crippen molar-refractivity contribution >= 4 is 5.91 Å². The van der Waals surface area contributed by atoms with Gasteiger partial charge in [-0.05, 0) is 23.8 Å². The van der Waals surface area contributed by atoms with Gasteiger partial charge >= 0.3 is 0 Å². The average molecular weight is 279 g/mol. The van der Waals surface area contributed by atoms with Crippen LogP contribution in [0.4, 0.5) is 8.78 Å². The van der Waals surface area contributed by atoms with Crippen molar-refractivity contribution in [3.05, 3.63) is 58.0 Å². The molecule has 2 rings (SSSR count). The molecule has 7 heteroatoms. The lowest BCUT2D eigenvalue weighted by atomic mass is 10.0. The summed E-state index contributed by atoms with van der Waals surface area (Å²) in [6, 6.07) is 3.97. The van der Waals surface area contributed by atoms with Crippen LogP contribution in [0, 0.1) is 11.6 Å². The summed E-state index contributed by atoms with van der Waals surface area (Å²) >= 11 is 0. The van der Waals surface area contributed by atoms with E-state index in [0.717, 1.165) is 16.7 Å². The summed E-state index contributed by atoms with van der Waals surface area (Å²) in [5.41, 5.74) is 1.61. The molecule has 5 nitrogen and oxygen atoms in total. The molecular formula is C13H11F2N3O2. The fourth-order valence-corrected chi connectivity index (χ4v) is 1.84. The van der Waals surface area contributed by atoms with Gasteiger partial charge in [-0.3, -0.25) is 15.0 Å². The van der Waals surface area contributed by atoms with Crippen LogP contribution < -0.4 is 16.8 Å². The summed E-state index contributed by atoms with van der Waals surface area (Å²) in [5.74, 6) is 2.79. The lowest BCUT2D eigenvalue weighted by Crippen LogP contribution is -2.31. The highest BCUT2D eigenvalue weighted by Gasteiger charge is 2.13. The molecule has 0 fully saturated rings. The van der Waals surface area contributed by atoms with Gasteiger partial charge in [0.05, 0.1) is 5.56 Å². The minimum absolute atomic E-state index is 0.00648. The number of halogens is 2. The van der Waals surface area contributed by atoms with Crippen molar-refractivity contribution in [2.75, 3.05) is 0 Å². The highest BCUT2D eigenvalue weighted by Crippen LogP contribution is 2.19. The third-order valence-corrected chi connectivity index (χ3v) is 2.75. The molecule has 1 aromatic heterocycles. The monoisotopic (exact) mass is 279 g/mol. The summed E-state index contributed by atoms with van der Waals surface area (Å²) in [7, 11) is 1.43. The number of hydrogen-bond donors (Lipinski definition) is 2. The van der Waals surface area contributed by atoms with E-state index in [0.29, 0.717) is 6.07 Å². The fourth-order valence-electron chi connectivity index (χ4n) is 1.84. The summed E-state index contributed by atoms with van der Waals surface area (Å²) in [6.45, 7) is 0. The van der Waals surface area contributed by atoms with Gasteiger partial charge in [-0.1, -0.05) is 0 Å². The second-order valence-corrected chi connectivity index (χ2v) is 4.19. The predicted molar refractivity (Wildman–Crippen MR) is 68.7 cm³/mol. The summed E-state index contributed by atoms with van der Waals surface area (Å²) in [4.78, 5) is 23.5. The summed E-state index contributed by atoms with van der Waals surface area (Å²) in [5, 5.41) is 0. The summed E-state index contributed by atoms with van der Waals surface area (Å²) in [6.07, 6.45) is 1.28. The number of nitrogens with zero attached hydrogens (tertiary/aromatic N) is 1. The zero-order chi connectivity index (χ0) is 14.9. The van der Waals surface area contributed by atoms with Crippen LogP contribution in [0.1, 0.15) is 10.4 Å². The molecule has 0 atom stereocenters. The van der Waals surface area contributed by atoms with E-state index in [-0.39, 0.29) is 16.7 Å². The van der Waals surface area contributed by atoms with E-state index in [2.05, 4.69) is 0 Å². The number of carbonyl (C=O) groups is 1. The Morgan fingerprint density at radius 1 is 1.20 bits per heavy atom. The third kappa shape index (κ3) is 2.57. The number of benzene rings is 1. The Balaban J connectivity index is 2.69. The highest BCUT2D eigenvalue weighted by molar-refractivity contribution is 5.94. The molecule has 0 unspecified atom stereocenters. The number of hydrazine groups is 1. The number of nitrogens with one attached hydrogen (secondary N) is 1. The third-order valence-electron chi connectivity index (χ3n) is 2.75. The van der Waals surface area contributed by atoms with Crippen molar-refractivity contribution in [1.82, 2.24) is 9.99 Å². The molecule has 104 valence electrons. The van der Waals surface area contributed by atoms with Crippen molar-refractivity contribution in [2.24, 2.45) is 12.9 Å². The predicted octanol–water partition coefficient (Wildman–Crippen LogP) is 0.934. The van der Waals surface area contributed by atoms with Gasteiger partial charge in [0.15, 0.2) is 0 Å². The van der Waals surface area contributed by atoms with E-state index in [1.807, 2.05) is 5.43 Å². The van der Waals surface area contributed by atoms with Crippen molar-refractivity contribution in [3.63, 3.8) is 0 Å². The topological polar surface area (TPSA) is 77.1 Å². The average Bonchev–Trinajstić information content (AvgIpc) is 2.39. The molecule has 1 aromatic carbocycles. The minimum atomic E-state index is -0.810. The smallest absolute Gasteiger partial charge is 0.266 e. The van der Waals surface area contributed by atoms with Gasteiger partial charge in [0.25, 0.3) is 11.5 Å². The van der Waals surface area contributed by atoms with Gasteiger partial charge in [-0.15, -0.1) is 0 Å². The number of nitrogen functional groups attached to an aromatic ring is 1. The quantitative estimate of drug-likeness (QED) is 0.488. The maximum absolute atomic E-state index is 13.2. The van der Waals surface area contributed by atoms with Gasteiger partial charge in [-0.25, -0.2) is 14.6 Å². The van der Waals surface area contributed by atoms with Crippen LogP contribution in [0.25, 0.3) is 11.1 Å². The largest absolute Gasteiger partial charge is 0.317 e. The first-order valence-corrected chi connectivity index (χ1v) is 5.60. The SMILES string of the molecule is Cn1cc(C(=O)NN)cc(-c2cc(F)cc(F)c2)c1=O. The van der Waals surface area contributed by atoms with Gasteiger partial charge in [0, 0.05) is 24.9 Å². The number of rotatable bonds is 2. The first-order chi connectivity index (χ1) is 9.42. The Bertz CT molecular complexity index is 721. The molecular weight excluding hydrogens is 268 g/mol. The first kappa shape index (κ1) is 13.9. The molecule has 2 aromatic rings. The number of aromatic nitrogens is 1. The molecule has 0 saturated heterocycles. The standard InChI is InChI=1S/C13H11F2N3O2/c1-18-6-8(12(19)17-16)4-11(13(18)20)7-2-9(14)5-10(15)3-7/h2-6H,16H2,1H3,(H,17,19). The zero-order valence-corrected chi connectivity index (χ0v) is 10.5. The number of amides is 1. The van der Waals surface area contributed by atoms with Gasteiger partial charge in [0.2, 0.25) is 0 Å². The van der Waals surface area contributed by atoms with E-state index in [9.17, 15) is 18.4 Å². The van der Waals surface area contributed by atoms with Gasteiger partial charge < -0.3 is 4.57 Å². The molecule has 20 heavy (non-hydrogen) atoms. The molecule has 3 N–H and O–H groups in total. The van der Waals surface area contributed by atoms with E-state index in [4.69, 9.17) is 5.84 Å². The minimum Gasteiger partial charge on any atom is -0.317 e. The summed E-state index contributed by atoms with van der Waals surface area (Å²) < 4.78 is 27.6. The van der Waals surface area contributed by atoms with E-state index in [1.54, 1.807) is 0 Å². The van der Waals surface area contributed by atoms with Crippen LogP contribution >= 0.6 is 0 Å². The molecule has 0 bridgehead atoms. The molecule has 0 radical (unpaired) electrons. The molecule has 1 amide bonds. The number of carbonyl (C=O) groups excluding carboxylic acids is 1. The molecule has 0 aliphatic heterocycles. The maximum Gasteiger partial charge on any atom is 0.266 e. The number of pyridine rings is 1. The Kier molecular flexibility index (Phi) is 3.62. The van der Waals surface area contributed by atoms with E-state index < -0.39 is 23.1 Å². The van der Waals surface area contributed by atoms with Crippen molar-refractivity contribution in [1.29, 1.82) is 0 Å². The Morgan fingerprint density at radius 2 is 1.80 bits per heavy atom. The van der Waals surface area contributed by atoms with Crippen molar-refractivity contribution < 1.29 is 13.6 Å². The molecule has 0 aliphatic rings. The van der Waals surface area contributed by atoms with Crippen LogP contribution in [0.2, 0.25) is 0 Å². The molecule has 0 aliphatic carbocycles. The Morgan fingerprint density at radius 3 is 2.35 bits per heavy atom. The lowest BCUT2D eigenvalue weighted by molar-refractivity contribution is 0.0953. The maximum atomic E-state index is 13.2. The van der Waals surface area contributed by atoms with Crippen molar-refractivity contribution in [3.8, 4) is 11.1 Å². The van der Waals surface area contributed by atoms with Crippen LogP contribution in [0.15, 0.2) is 35.3 Å². The number of nitrogens with two attached hydrogens (primary N) is 1. The molecule has 0 spiro atoms. The second kappa shape index (κ2) is 5.22. The van der Waals surface area contributed by atoms with E-state index >= 15 is 0 Å². The fraction of sp³-hybridized carbons (Fsp3) is 0.0769. The van der Waals surface area contributed by atoms with Crippen LogP contribution in [-0.4, -0.2) is 10.5 Å². The lowest BCUT2D eigenvalue weighted by Gasteiger charge is -2.08. The van der Waals surface area contributed by atoms with Gasteiger partial charge in [0.1, 0.15) is 11.6 Å². The number of hydrogen-bond acceptors (Lipinski definition) is 3. The first-order valence-electron chi connectivity index (χ1n) is 5.60. The Hall–Kier alpha value is -2.54. The van der Waals surface area contributed by atoms with Crippen LogP contribution in [0.5, 0.6) is 0 Å². The number of aryl methyl sites for hydroxylation is 1. The zero-order valence-electron chi connectivity index (χ0n) is 10.5. The van der Waals surface area contributed by atoms with E-state index in [1.165, 1.54) is 19.3 Å². The normalized spacial score (nSPS) is 10.4. The van der Waals surface area contributed by atoms with Gasteiger partial charge in [-0.2, -0.15) is 0 Å². The van der Waals surface area contributed by atoms with Crippen molar-refractivity contribution in [2.45, 2.75) is 0 Å². The second-order valence-electron chi connectivity index (χ2n) is 4.19.